The van der Waals surface area contributed by atoms with Crippen molar-refractivity contribution < 1.29 is 9.13 Å². The van der Waals surface area contributed by atoms with Gasteiger partial charge < -0.3 is 4.74 Å². The maximum Gasteiger partial charge on any atom is 0.184 e. The Morgan fingerprint density at radius 2 is 2.08 bits per heavy atom. The molecule has 0 bridgehead atoms. The van der Waals surface area contributed by atoms with Crippen molar-refractivity contribution in [3.05, 3.63) is 27.4 Å². The van der Waals surface area contributed by atoms with E-state index in [2.05, 4.69) is 15.9 Å². The van der Waals surface area contributed by atoms with Crippen molar-refractivity contribution in [1.82, 2.24) is 0 Å². The first-order valence-corrected chi connectivity index (χ1v) is 4.99. The summed E-state index contributed by atoms with van der Waals surface area (Å²) in [6, 6.07) is 3.14. The number of halogens is 3. The minimum atomic E-state index is -0.523. The summed E-state index contributed by atoms with van der Waals surface area (Å²) in [6.07, 6.45) is -0.0794. The minimum absolute atomic E-state index is 0.0684. The number of hydrogen-bond donors (Lipinski definition) is 0. The zero-order valence-electron chi connectivity index (χ0n) is 7.27. The van der Waals surface area contributed by atoms with Gasteiger partial charge in [-0.15, -0.1) is 0 Å². The molecule has 0 aliphatic rings. The molecule has 0 saturated heterocycles. The Labute approximate surface area is 90.0 Å². The Hall–Kier alpha value is -0.280. The van der Waals surface area contributed by atoms with Crippen LogP contribution in [0.4, 0.5) is 4.39 Å². The Morgan fingerprint density at radius 1 is 1.46 bits per heavy atom. The van der Waals surface area contributed by atoms with E-state index < -0.39 is 5.82 Å². The molecule has 0 saturated carbocycles. The lowest BCUT2D eigenvalue weighted by Crippen LogP contribution is -2.07. The number of benzene rings is 1. The quantitative estimate of drug-likeness (QED) is 0.735. The van der Waals surface area contributed by atoms with Crippen LogP contribution in [-0.2, 0) is 0 Å². The van der Waals surface area contributed by atoms with Gasteiger partial charge in [-0.1, -0.05) is 11.6 Å². The van der Waals surface area contributed by atoms with Crippen LogP contribution >= 0.6 is 27.5 Å². The molecule has 0 aromatic heterocycles. The lowest BCUT2D eigenvalue weighted by atomic mass is 10.3. The average Bonchev–Trinajstić information content (AvgIpc) is 2.05. The normalized spacial score (nSPS) is 10.6. The fraction of sp³-hybridized carbons (Fsp3) is 0.333. The average molecular weight is 268 g/mol. The van der Waals surface area contributed by atoms with Crippen molar-refractivity contribution in [3.63, 3.8) is 0 Å². The van der Waals surface area contributed by atoms with Crippen LogP contribution < -0.4 is 4.74 Å². The Bertz CT molecular complexity index is 315. The summed E-state index contributed by atoms with van der Waals surface area (Å²) in [5.74, 6) is -0.354. The van der Waals surface area contributed by atoms with Crippen molar-refractivity contribution >= 4 is 27.5 Å². The highest BCUT2D eigenvalue weighted by Crippen LogP contribution is 2.33. The number of rotatable bonds is 2. The molecular weight excluding hydrogens is 258 g/mol. The molecule has 0 unspecified atom stereocenters. The highest BCUT2D eigenvalue weighted by atomic mass is 79.9. The molecule has 0 amide bonds. The Morgan fingerprint density at radius 3 is 2.62 bits per heavy atom. The topological polar surface area (TPSA) is 9.23 Å². The van der Waals surface area contributed by atoms with E-state index in [4.69, 9.17) is 16.3 Å². The van der Waals surface area contributed by atoms with Crippen LogP contribution in [0.5, 0.6) is 5.75 Å². The van der Waals surface area contributed by atoms with E-state index >= 15 is 0 Å². The molecule has 1 aromatic carbocycles. The van der Waals surface area contributed by atoms with Crippen LogP contribution in [0, 0.1) is 5.82 Å². The van der Waals surface area contributed by atoms with E-state index in [1.165, 1.54) is 6.07 Å². The van der Waals surface area contributed by atoms with E-state index in [0.29, 0.717) is 4.47 Å². The third-order valence-electron chi connectivity index (χ3n) is 1.36. The summed E-state index contributed by atoms with van der Waals surface area (Å²) in [4.78, 5) is 0. The van der Waals surface area contributed by atoms with Crippen molar-refractivity contribution in [2.75, 3.05) is 0 Å². The fourth-order valence-corrected chi connectivity index (χ4v) is 1.40. The van der Waals surface area contributed by atoms with Crippen molar-refractivity contribution in [1.29, 1.82) is 0 Å². The second-order valence-corrected chi connectivity index (χ2v) is 4.10. The van der Waals surface area contributed by atoms with Gasteiger partial charge >= 0.3 is 0 Å². The van der Waals surface area contributed by atoms with Gasteiger partial charge in [0.1, 0.15) is 0 Å². The van der Waals surface area contributed by atoms with Gasteiger partial charge in [-0.2, -0.15) is 0 Å². The van der Waals surface area contributed by atoms with Crippen LogP contribution in [0.3, 0.4) is 0 Å². The predicted molar refractivity (Wildman–Crippen MR) is 54.9 cm³/mol. The molecule has 0 spiro atoms. The largest absolute Gasteiger partial charge is 0.487 e. The molecule has 0 fully saturated rings. The van der Waals surface area contributed by atoms with Crippen molar-refractivity contribution in [3.8, 4) is 5.75 Å². The van der Waals surface area contributed by atoms with Gasteiger partial charge in [0.15, 0.2) is 11.6 Å². The van der Waals surface area contributed by atoms with Gasteiger partial charge in [0.2, 0.25) is 0 Å². The Balaban J connectivity index is 3.10. The highest BCUT2D eigenvalue weighted by Gasteiger charge is 2.13. The molecule has 0 N–H and O–H groups in total. The van der Waals surface area contributed by atoms with Crippen molar-refractivity contribution in [2.45, 2.75) is 20.0 Å². The third-order valence-corrected chi connectivity index (χ3v) is 2.27. The van der Waals surface area contributed by atoms with Gasteiger partial charge in [-0.25, -0.2) is 4.39 Å². The van der Waals surface area contributed by atoms with Crippen LogP contribution in [-0.4, -0.2) is 6.10 Å². The van der Waals surface area contributed by atoms with Gasteiger partial charge in [-0.3, -0.25) is 0 Å². The first-order chi connectivity index (χ1) is 6.02. The molecule has 4 heteroatoms. The summed E-state index contributed by atoms with van der Waals surface area (Å²) in [7, 11) is 0. The molecule has 1 aromatic rings. The second-order valence-electron chi connectivity index (χ2n) is 2.84. The zero-order chi connectivity index (χ0) is 10.0. The standard InChI is InChI=1S/C9H9BrClFO/c1-5(2)13-9-6(10)3-4-7(11)8(9)12/h3-5H,1-2H3. The molecule has 72 valence electrons. The molecule has 1 rings (SSSR count). The van der Waals surface area contributed by atoms with Gasteiger partial charge in [0.25, 0.3) is 0 Å². The van der Waals surface area contributed by atoms with Crippen LogP contribution in [0.1, 0.15) is 13.8 Å². The SMILES string of the molecule is CC(C)Oc1c(Br)ccc(Cl)c1F. The van der Waals surface area contributed by atoms with E-state index in [0.717, 1.165) is 0 Å². The van der Waals surface area contributed by atoms with Crippen molar-refractivity contribution in [2.24, 2.45) is 0 Å². The van der Waals surface area contributed by atoms with E-state index in [9.17, 15) is 4.39 Å². The van der Waals surface area contributed by atoms with Crippen LogP contribution in [0.15, 0.2) is 16.6 Å². The molecule has 0 heterocycles. The Kier molecular flexibility index (Phi) is 3.56. The summed E-state index contributed by atoms with van der Waals surface area (Å²) < 4.78 is 19.2. The lowest BCUT2D eigenvalue weighted by molar-refractivity contribution is 0.229. The summed E-state index contributed by atoms with van der Waals surface area (Å²) in [5, 5.41) is 0.0684. The minimum Gasteiger partial charge on any atom is -0.487 e. The maximum atomic E-state index is 13.3. The maximum absolute atomic E-state index is 13.3. The molecule has 0 aliphatic carbocycles. The third kappa shape index (κ3) is 2.58. The number of hydrogen-bond acceptors (Lipinski definition) is 1. The lowest BCUT2D eigenvalue weighted by Gasteiger charge is -2.12. The van der Waals surface area contributed by atoms with E-state index in [-0.39, 0.29) is 16.9 Å². The monoisotopic (exact) mass is 266 g/mol. The first kappa shape index (κ1) is 10.8. The first-order valence-electron chi connectivity index (χ1n) is 3.82. The van der Waals surface area contributed by atoms with E-state index in [1.807, 2.05) is 13.8 Å². The molecule has 0 atom stereocenters. The van der Waals surface area contributed by atoms with E-state index in [1.54, 1.807) is 6.07 Å². The van der Waals surface area contributed by atoms with Gasteiger partial charge in [-0.05, 0) is 41.9 Å². The summed E-state index contributed by atoms with van der Waals surface area (Å²) in [6.45, 7) is 3.65. The smallest absolute Gasteiger partial charge is 0.184 e. The highest BCUT2D eigenvalue weighted by molar-refractivity contribution is 9.10. The molecule has 0 radical (unpaired) electrons. The molecule has 1 nitrogen and oxygen atoms in total. The van der Waals surface area contributed by atoms with Crippen LogP contribution in [0.2, 0.25) is 5.02 Å². The summed E-state index contributed by atoms with van der Waals surface area (Å²) in [5.41, 5.74) is 0. The molecular formula is C9H9BrClFO. The van der Waals surface area contributed by atoms with Gasteiger partial charge in [0, 0.05) is 0 Å². The number of ether oxygens (including phenoxy) is 1. The zero-order valence-corrected chi connectivity index (χ0v) is 9.62. The predicted octanol–water partition coefficient (Wildman–Crippen LogP) is 4.03. The second kappa shape index (κ2) is 4.29. The summed E-state index contributed by atoms with van der Waals surface area (Å²) >= 11 is 8.78. The fourth-order valence-electron chi connectivity index (χ4n) is 0.852. The molecule has 0 aliphatic heterocycles. The molecule has 13 heavy (non-hydrogen) atoms. The van der Waals surface area contributed by atoms with Crippen LogP contribution in [0.25, 0.3) is 0 Å². The van der Waals surface area contributed by atoms with Gasteiger partial charge in [0.05, 0.1) is 15.6 Å².